The van der Waals surface area contributed by atoms with Crippen molar-refractivity contribution in [3.05, 3.63) is 94.7 Å². The minimum absolute atomic E-state index is 0.00950. The fourth-order valence-electron chi connectivity index (χ4n) is 5.56. The predicted molar refractivity (Wildman–Crippen MR) is 157 cm³/mol. The Balaban J connectivity index is 1.50. The van der Waals surface area contributed by atoms with Crippen molar-refractivity contribution in [2.24, 2.45) is 0 Å². The van der Waals surface area contributed by atoms with Crippen LogP contribution < -0.4 is 10.5 Å². The second-order valence-electron chi connectivity index (χ2n) is 10.3. The van der Waals surface area contributed by atoms with Crippen LogP contribution in [0.25, 0.3) is 38.6 Å². The standard InChI is InChI=1S/C32H25F3N6O2/c1-2-29(42)40-13-11-39(12-14-40)28-9-7-24(16-26(28)32(33,34)35)41-30(43)10-5-22-19-38-27-8-4-20(15-25(27)31(22)41)21-3-6-23(17-36)37-18-21/h3-10,15-16,18-19H,2,11-14H2,1H3. The molecule has 3 aromatic heterocycles. The summed E-state index contributed by atoms with van der Waals surface area (Å²) < 4.78 is 44.8. The summed E-state index contributed by atoms with van der Waals surface area (Å²) in [6, 6.07) is 17.6. The first kappa shape index (κ1) is 27.9. The summed E-state index contributed by atoms with van der Waals surface area (Å²) >= 11 is 0. The number of nitrogens with zero attached hydrogens (tertiary/aromatic N) is 6. The Labute approximate surface area is 244 Å². The first-order valence-corrected chi connectivity index (χ1v) is 13.7. The number of carbonyl (C=O) groups is 1. The van der Waals surface area contributed by atoms with Gasteiger partial charge in [0.2, 0.25) is 5.91 Å². The van der Waals surface area contributed by atoms with E-state index >= 15 is 0 Å². The van der Waals surface area contributed by atoms with Gasteiger partial charge in [-0.05, 0) is 54.1 Å². The summed E-state index contributed by atoms with van der Waals surface area (Å²) in [7, 11) is 0. The number of pyridine rings is 3. The SMILES string of the molecule is CCC(=O)N1CCN(c2ccc(-n3c(=O)ccc4cnc5ccc(-c6ccc(C#N)nc6)cc5c43)cc2C(F)(F)F)CC1. The second-order valence-corrected chi connectivity index (χ2v) is 10.3. The summed E-state index contributed by atoms with van der Waals surface area (Å²) in [5.74, 6) is -0.0262. The number of anilines is 1. The van der Waals surface area contributed by atoms with Gasteiger partial charge < -0.3 is 9.80 Å². The lowest BCUT2D eigenvalue weighted by molar-refractivity contribution is -0.137. The minimum Gasteiger partial charge on any atom is -0.367 e. The summed E-state index contributed by atoms with van der Waals surface area (Å²) in [5.41, 5.74) is 1.47. The Morgan fingerprint density at radius 3 is 2.37 bits per heavy atom. The van der Waals surface area contributed by atoms with Crippen LogP contribution in [0, 0.1) is 11.3 Å². The van der Waals surface area contributed by atoms with Crippen molar-refractivity contribution < 1.29 is 18.0 Å². The molecule has 1 amide bonds. The molecular formula is C32H25F3N6O2. The summed E-state index contributed by atoms with van der Waals surface area (Å²) in [6.45, 7) is 2.97. The van der Waals surface area contributed by atoms with Gasteiger partial charge in [-0.15, -0.1) is 0 Å². The topological polar surface area (TPSA) is 95.1 Å². The quantitative estimate of drug-likeness (QED) is 0.258. The van der Waals surface area contributed by atoms with Crippen LogP contribution in [0.4, 0.5) is 18.9 Å². The average molecular weight is 583 g/mol. The molecule has 4 heterocycles. The van der Waals surface area contributed by atoms with E-state index in [9.17, 15) is 22.8 Å². The molecule has 43 heavy (non-hydrogen) atoms. The van der Waals surface area contributed by atoms with Crippen molar-refractivity contribution in [1.82, 2.24) is 19.4 Å². The molecule has 11 heteroatoms. The second kappa shape index (κ2) is 10.9. The Morgan fingerprint density at radius 2 is 1.70 bits per heavy atom. The number of aromatic nitrogens is 3. The van der Waals surface area contributed by atoms with Crippen molar-refractivity contribution in [2.75, 3.05) is 31.1 Å². The van der Waals surface area contributed by atoms with Crippen LogP contribution in [-0.2, 0) is 11.0 Å². The number of hydrogen-bond acceptors (Lipinski definition) is 6. The largest absolute Gasteiger partial charge is 0.418 e. The molecule has 1 aliphatic heterocycles. The average Bonchev–Trinajstić information content (AvgIpc) is 3.03. The highest BCUT2D eigenvalue weighted by Gasteiger charge is 2.36. The van der Waals surface area contributed by atoms with Crippen LogP contribution in [-0.4, -0.2) is 51.5 Å². The fraction of sp³-hybridized carbons (Fsp3) is 0.219. The predicted octanol–water partition coefficient (Wildman–Crippen LogP) is 5.55. The summed E-state index contributed by atoms with van der Waals surface area (Å²) in [5, 5.41) is 10.2. The van der Waals surface area contributed by atoms with E-state index < -0.39 is 17.3 Å². The van der Waals surface area contributed by atoms with Gasteiger partial charge >= 0.3 is 6.18 Å². The van der Waals surface area contributed by atoms with Crippen LogP contribution in [0.3, 0.4) is 0 Å². The molecule has 6 rings (SSSR count). The van der Waals surface area contributed by atoms with Crippen LogP contribution in [0.1, 0.15) is 24.6 Å². The number of halogens is 3. The molecule has 8 nitrogen and oxygen atoms in total. The number of hydrogen-bond donors (Lipinski definition) is 0. The first-order valence-electron chi connectivity index (χ1n) is 13.7. The normalized spacial score (nSPS) is 13.8. The Kier molecular flexibility index (Phi) is 7.05. The molecule has 1 saturated heterocycles. The molecule has 0 N–H and O–H groups in total. The maximum atomic E-state index is 14.5. The molecule has 0 atom stereocenters. The van der Waals surface area contributed by atoms with Crippen molar-refractivity contribution in [2.45, 2.75) is 19.5 Å². The molecule has 5 aromatic rings. The lowest BCUT2D eigenvalue weighted by Crippen LogP contribution is -2.49. The smallest absolute Gasteiger partial charge is 0.367 e. The number of nitriles is 1. The van der Waals surface area contributed by atoms with Crippen LogP contribution in [0.5, 0.6) is 0 Å². The van der Waals surface area contributed by atoms with Gasteiger partial charge in [0, 0.05) is 73.1 Å². The zero-order valence-electron chi connectivity index (χ0n) is 23.1. The first-order chi connectivity index (χ1) is 20.7. The van der Waals surface area contributed by atoms with E-state index in [2.05, 4.69) is 9.97 Å². The van der Waals surface area contributed by atoms with Gasteiger partial charge in [-0.25, -0.2) is 4.98 Å². The van der Waals surface area contributed by atoms with Gasteiger partial charge in [0.05, 0.1) is 22.3 Å². The number of rotatable bonds is 4. The number of piperazine rings is 1. The number of benzene rings is 2. The third kappa shape index (κ3) is 5.16. The third-order valence-corrected chi connectivity index (χ3v) is 7.75. The Bertz CT molecular complexity index is 1970. The Hall–Kier alpha value is -5.24. The molecule has 0 saturated carbocycles. The summed E-state index contributed by atoms with van der Waals surface area (Å²) in [4.78, 5) is 37.4. The lowest BCUT2D eigenvalue weighted by atomic mass is 10.0. The number of alkyl halides is 3. The van der Waals surface area contributed by atoms with E-state index in [0.29, 0.717) is 41.3 Å². The molecule has 0 radical (unpaired) electrons. The highest BCUT2D eigenvalue weighted by Crippen LogP contribution is 2.39. The van der Waals surface area contributed by atoms with E-state index in [0.717, 1.165) is 17.2 Å². The maximum Gasteiger partial charge on any atom is 0.418 e. The zero-order valence-corrected chi connectivity index (χ0v) is 23.1. The minimum atomic E-state index is -4.69. The summed E-state index contributed by atoms with van der Waals surface area (Å²) in [6.07, 6.45) is -1.18. The van der Waals surface area contributed by atoms with Crippen molar-refractivity contribution in [3.63, 3.8) is 0 Å². The van der Waals surface area contributed by atoms with E-state index in [1.165, 1.54) is 22.8 Å². The van der Waals surface area contributed by atoms with E-state index in [1.807, 2.05) is 18.2 Å². The van der Waals surface area contributed by atoms with E-state index in [4.69, 9.17) is 5.26 Å². The maximum absolute atomic E-state index is 14.5. The molecule has 0 spiro atoms. The van der Waals surface area contributed by atoms with Crippen molar-refractivity contribution in [1.29, 1.82) is 5.26 Å². The number of carbonyl (C=O) groups excluding carboxylic acids is 1. The third-order valence-electron chi connectivity index (χ3n) is 7.75. The molecule has 2 aromatic carbocycles. The van der Waals surface area contributed by atoms with E-state index in [-0.39, 0.29) is 36.1 Å². The van der Waals surface area contributed by atoms with Crippen LogP contribution in [0.2, 0.25) is 0 Å². The van der Waals surface area contributed by atoms with Gasteiger partial charge in [-0.3, -0.25) is 19.1 Å². The van der Waals surface area contributed by atoms with Gasteiger partial charge in [0.25, 0.3) is 5.56 Å². The highest BCUT2D eigenvalue weighted by molar-refractivity contribution is 6.05. The zero-order chi connectivity index (χ0) is 30.3. The van der Waals surface area contributed by atoms with Gasteiger partial charge in [0.1, 0.15) is 11.8 Å². The fourth-order valence-corrected chi connectivity index (χ4v) is 5.56. The van der Waals surface area contributed by atoms with Gasteiger partial charge in [0.15, 0.2) is 0 Å². The molecule has 0 bridgehead atoms. The van der Waals surface area contributed by atoms with Crippen molar-refractivity contribution in [3.8, 4) is 22.9 Å². The molecule has 216 valence electrons. The number of amides is 1. The highest BCUT2D eigenvalue weighted by atomic mass is 19.4. The molecular weight excluding hydrogens is 557 g/mol. The lowest BCUT2D eigenvalue weighted by Gasteiger charge is -2.37. The molecule has 0 unspecified atom stereocenters. The van der Waals surface area contributed by atoms with Gasteiger partial charge in [-0.2, -0.15) is 18.4 Å². The van der Waals surface area contributed by atoms with Crippen molar-refractivity contribution >= 4 is 33.4 Å². The monoisotopic (exact) mass is 582 g/mol. The molecule has 1 fully saturated rings. The van der Waals surface area contributed by atoms with Crippen LogP contribution in [0.15, 0.2) is 77.9 Å². The van der Waals surface area contributed by atoms with Gasteiger partial charge in [-0.1, -0.05) is 13.0 Å². The Morgan fingerprint density at radius 1 is 0.930 bits per heavy atom. The van der Waals surface area contributed by atoms with E-state index in [1.54, 1.807) is 53.4 Å². The molecule has 1 aliphatic rings. The van der Waals surface area contributed by atoms with Crippen LogP contribution >= 0.6 is 0 Å². The number of fused-ring (bicyclic) bond motifs is 3. The molecule has 0 aliphatic carbocycles.